The van der Waals surface area contributed by atoms with E-state index in [1.54, 1.807) is 19.1 Å². The number of thiophene rings is 1. The highest BCUT2D eigenvalue weighted by atomic mass is 32.1. The topological polar surface area (TPSA) is 98.8 Å². The summed E-state index contributed by atoms with van der Waals surface area (Å²) in [6, 6.07) is 6.56. The molecule has 1 aromatic heterocycles. The highest BCUT2D eigenvalue weighted by Crippen LogP contribution is 2.22. The van der Waals surface area contributed by atoms with Gasteiger partial charge in [-0.2, -0.15) is 0 Å². The quantitative estimate of drug-likeness (QED) is 0.520. The normalized spacial score (nSPS) is 10.3. The maximum Gasteiger partial charge on any atom is 0.337 e. The molecule has 0 saturated carbocycles. The van der Waals surface area contributed by atoms with Crippen LogP contribution in [0.1, 0.15) is 48.9 Å². The average Bonchev–Trinajstić information content (AvgIpc) is 3.03. The zero-order valence-corrected chi connectivity index (χ0v) is 17.6. The number of rotatable bonds is 8. The van der Waals surface area contributed by atoms with E-state index >= 15 is 0 Å². The number of anilines is 1. The third-order valence-electron chi connectivity index (χ3n) is 4.19. The van der Waals surface area contributed by atoms with Crippen molar-refractivity contribution < 1.29 is 28.7 Å². The number of amides is 1. The van der Waals surface area contributed by atoms with Gasteiger partial charge in [0, 0.05) is 27.4 Å². The number of carbonyl (C=O) groups is 4. The molecule has 29 heavy (non-hydrogen) atoms. The number of ketones is 1. The van der Waals surface area contributed by atoms with Gasteiger partial charge in [-0.05, 0) is 44.5 Å². The molecule has 0 radical (unpaired) electrons. The second kappa shape index (κ2) is 9.97. The molecule has 1 aromatic carbocycles. The molecule has 0 fully saturated rings. The second-order valence-corrected chi connectivity index (χ2v) is 7.94. The predicted octanol–water partition coefficient (Wildman–Crippen LogP) is 3.60. The average molecular weight is 417 g/mol. The summed E-state index contributed by atoms with van der Waals surface area (Å²) in [7, 11) is 1.27. The van der Waals surface area contributed by atoms with E-state index in [-0.39, 0.29) is 18.6 Å². The number of hydrogen-bond donors (Lipinski definition) is 1. The van der Waals surface area contributed by atoms with Crippen molar-refractivity contribution in [3.8, 4) is 0 Å². The van der Waals surface area contributed by atoms with Crippen LogP contribution in [0.3, 0.4) is 0 Å². The first kappa shape index (κ1) is 22.3. The maximum absolute atomic E-state index is 12.2. The van der Waals surface area contributed by atoms with E-state index in [0.717, 1.165) is 15.3 Å². The molecule has 0 spiro atoms. The van der Waals surface area contributed by atoms with E-state index in [2.05, 4.69) is 10.1 Å². The molecule has 2 rings (SSSR count). The van der Waals surface area contributed by atoms with Gasteiger partial charge in [-0.3, -0.25) is 14.4 Å². The minimum atomic E-state index is -0.627. The van der Waals surface area contributed by atoms with E-state index < -0.39 is 24.5 Å². The van der Waals surface area contributed by atoms with E-state index in [0.29, 0.717) is 16.8 Å². The van der Waals surface area contributed by atoms with Gasteiger partial charge in [-0.1, -0.05) is 6.07 Å². The van der Waals surface area contributed by atoms with Gasteiger partial charge in [-0.25, -0.2) is 4.79 Å². The number of benzene rings is 1. The molecule has 0 saturated heterocycles. The van der Waals surface area contributed by atoms with Gasteiger partial charge in [0.2, 0.25) is 0 Å². The van der Waals surface area contributed by atoms with Crippen LogP contribution in [-0.2, 0) is 19.1 Å². The lowest BCUT2D eigenvalue weighted by Crippen LogP contribution is -2.21. The fourth-order valence-electron chi connectivity index (χ4n) is 2.66. The molecule has 1 amide bonds. The zero-order valence-electron chi connectivity index (χ0n) is 16.8. The predicted molar refractivity (Wildman–Crippen MR) is 109 cm³/mol. The summed E-state index contributed by atoms with van der Waals surface area (Å²) >= 11 is 1.53. The van der Waals surface area contributed by atoms with Crippen LogP contribution in [0.25, 0.3) is 0 Å². The maximum atomic E-state index is 12.2. The molecule has 0 aliphatic carbocycles. The summed E-state index contributed by atoms with van der Waals surface area (Å²) in [5.74, 6) is -1.81. The van der Waals surface area contributed by atoms with Gasteiger partial charge in [0.1, 0.15) is 0 Å². The Bertz CT molecular complexity index is 947. The molecule has 0 atom stereocenters. The summed E-state index contributed by atoms with van der Waals surface area (Å²) in [4.78, 5) is 49.7. The number of aryl methyl sites for hydroxylation is 3. The Balaban J connectivity index is 1.83. The molecule has 0 unspecified atom stereocenters. The Morgan fingerprint density at radius 2 is 1.76 bits per heavy atom. The molecular formula is C21H23NO6S. The summed E-state index contributed by atoms with van der Waals surface area (Å²) in [5, 5.41) is 2.60. The van der Waals surface area contributed by atoms with Crippen LogP contribution in [0.4, 0.5) is 5.69 Å². The lowest BCUT2D eigenvalue weighted by atomic mass is 10.1. The van der Waals surface area contributed by atoms with Crippen molar-refractivity contribution in [1.82, 2.24) is 0 Å². The van der Waals surface area contributed by atoms with E-state index in [1.807, 2.05) is 19.9 Å². The van der Waals surface area contributed by atoms with E-state index in [1.165, 1.54) is 24.5 Å². The molecule has 0 bridgehead atoms. The van der Waals surface area contributed by atoms with Gasteiger partial charge in [0.15, 0.2) is 12.4 Å². The highest BCUT2D eigenvalue weighted by molar-refractivity contribution is 7.12. The Kier molecular flexibility index (Phi) is 7.67. The highest BCUT2D eigenvalue weighted by Gasteiger charge is 2.16. The van der Waals surface area contributed by atoms with Crippen molar-refractivity contribution >= 4 is 40.7 Å². The number of carbonyl (C=O) groups excluding carboxylic acids is 4. The van der Waals surface area contributed by atoms with Crippen LogP contribution >= 0.6 is 11.3 Å². The lowest BCUT2D eigenvalue weighted by molar-refractivity contribution is -0.147. The van der Waals surface area contributed by atoms with E-state index in [4.69, 9.17) is 4.74 Å². The fourth-order valence-corrected chi connectivity index (χ4v) is 3.61. The first-order valence-electron chi connectivity index (χ1n) is 8.96. The fraction of sp³-hybridized carbons (Fsp3) is 0.333. The Labute approximate surface area is 173 Å². The van der Waals surface area contributed by atoms with Gasteiger partial charge in [0.25, 0.3) is 5.91 Å². The summed E-state index contributed by atoms with van der Waals surface area (Å²) in [6.45, 7) is 5.07. The van der Waals surface area contributed by atoms with Crippen LogP contribution in [0.15, 0.2) is 24.3 Å². The van der Waals surface area contributed by atoms with Gasteiger partial charge < -0.3 is 14.8 Å². The van der Waals surface area contributed by atoms with Crippen molar-refractivity contribution in [2.45, 2.75) is 33.6 Å². The minimum absolute atomic E-state index is 0.0255. The van der Waals surface area contributed by atoms with Crippen LogP contribution in [0.5, 0.6) is 0 Å². The van der Waals surface area contributed by atoms with Crippen molar-refractivity contribution in [3.63, 3.8) is 0 Å². The molecule has 2 aromatic rings. The summed E-state index contributed by atoms with van der Waals surface area (Å²) in [5.41, 5.74) is 2.08. The molecule has 0 aliphatic rings. The Hall–Kier alpha value is -3.00. The minimum Gasteiger partial charge on any atom is -0.465 e. The van der Waals surface area contributed by atoms with Gasteiger partial charge >= 0.3 is 11.9 Å². The van der Waals surface area contributed by atoms with Crippen LogP contribution < -0.4 is 5.32 Å². The van der Waals surface area contributed by atoms with Gasteiger partial charge in [0.05, 0.1) is 19.1 Å². The second-order valence-electron chi connectivity index (χ2n) is 6.48. The third kappa shape index (κ3) is 6.25. The monoisotopic (exact) mass is 417 g/mol. The van der Waals surface area contributed by atoms with Crippen molar-refractivity contribution in [1.29, 1.82) is 0 Å². The molecule has 1 N–H and O–H groups in total. The number of Topliss-reactive ketones (excluding diaryl/α,β-unsaturated/α-hetero) is 1. The third-order valence-corrected chi connectivity index (χ3v) is 5.16. The van der Waals surface area contributed by atoms with Crippen LogP contribution in [0, 0.1) is 20.8 Å². The van der Waals surface area contributed by atoms with E-state index in [9.17, 15) is 19.2 Å². The zero-order chi connectivity index (χ0) is 21.6. The first-order valence-corrected chi connectivity index (χ1v) is 9.77. The van der Waals surface area contributed by atoms with Crippen molar-refractivity contribution in [2.24, 2.45) is 0 Å². The molecular weight excluding hydrogens is 394 g/mol. The van der Waals surface area contributed by atoms with Crippen molar-refractivity contribution in [2.75, 3.05) is 19.0 Å². The van der Waals surface area contributed by atoms with Crippen LogP contribution in [-0.4, -0.2) is 37.3 Å². The lowest BCUT2D eigenvalue weighted by Gasteiger charge is -2.10. The number of hydrogen-bond acceptors (Lipinski definition) is 7. The molecule has 154 valence electrons. The molecule has 7 nitrogen and oxygen atoms in total. The SMILES string of the molecule is COC(=O)c1ccc(C)c(NC(=O)COC(=O)CCC(=O)c2cc(C)sc2C)c1. The summed E-state index contributed by atoms with van der Waals surface area (Å²) < 4.78 is 9.60. The molecule has 8 heteroatoms. The van der Waals surface area contributed by atoms with Crippen molar-refractivity contribution in [3.05, 3.63) is 50.7 Å². The number of nitrogens with one attached hydrogen (secondary N) is 1. The summed E-state index contributed by atoms with van der Waals surface area (Å²) in [6.07, 6.45) is -0.0744. The number of esters is 2. The van der Waals surface area contributed by atoms with Gasteiger partial charge in [-0.15, -0.1) is 11.3 Å². The van der Waals surface area contributed by atoms with Crippen LogP contribution in [0.2, 0.25) is 0 Å². The number of ether oxygens (including phenoxy) is 2. The largest absolute Gasteiger partial charge is 0.465 e. The molecule has 0 aliphatic heterocycles. The first-order chi connectivity index (χ1) is 13.7. The number of methoxy groups -OCH3 is 1. The molecule has 1 heterocycles. The smallest absolute Gasteiger partial charge is 0.337 e. The Morgan fingerprint density at radius 3 is 2.38 bits per heavy atom. The standard InChI is InChI=1S/C21H23NO6S/c1-12-5-6-15(21(26)27-4)10-17(12)22-19(24)11-28-20(25)8-7-18(23)16-9-13(2)29-14(16)3/h5-6,9-10H,7-8,11H2,1-4H3,(H,22,24). The Morgan fingerprint density at radius 1 is 1.03 bits per heavy atom.